The van der Waals surface area contributed by atoms with E-state index in [4.69, 9.17) is 0 Å². The molecule has 7 heteroatoms. The zero-order chi connectivity index (χ0) is 35.9. The number of phenols is 1. The van der Waals surface area contributed by atoms with Gasteiger partial charge in [0.2, 0.25) is 5.78 Å². The van der Waals surface area contributed by atoms with E-state index in [-0.39, 0.29) is 47.0 Å². The van der Waals surface area contributed by atoms with Gasteiger partial charge in [0.1, 0.15) is 22.8 Å². The van der Waals surface area contributed by atoms with Crippen molar-refractivity contribution in [3.63, 3.8) is 0 Å². The third kappa shape index (κ3) is 5.24. The van der Waals surface area contributed by atoms with Gasteiger partial charge in [0.15, 0.2) is 17.2 Å². The molecular weight excluding hydrogens is 604 g/mol. The Balaban J connectivity index is 1.69. The Hall–Kier alpha value is -3.71. The molecule has 0 radical (unpaired) electrons. The Morgan fingerprint density at radius 2 is 1.54 bits per heavy atom. The molecule has 1 unspecified atom stereocenters. The van der Waals surface area contributed by atoms with E-state index in [0.717, 1.165) is 24.5 Å². The van der Waals surface area contributed by atoms with E-state index < -0.39 is 56.8 Å². The molecule has 0 saturated heterocycles. The van der Waals surface area contributed by atoms with E-state index in [2.05, 4.69) is 46.8 Å². The van der Waals surface area contributed by atoms with Gasteiger partial charge in [0.25, 0.3) is 0 Å². The molecule has 4 atom stereocenters. The fourth-order valence-corrected chi connectivity index (χ4v) is 9.39. The fourth-order valence-electron chi connectivity index (χ4n) is 9.39. The van der Waals surface area contributed by atoms with Gasteiger partial charge in [0, 0.05) is 22.3 Å². The Kier molecular flexibility index (Phi) is 8.69. The van der Waals surface area contributed by atoms with E-state index >= 15 is 0 Å². The van der Waals surface area contributed by atoms with Gasteiger partial charge in [-0.15, -0.1) is 0 Å². The number of ketones is 3. The van der Waals surface area contributed by atoms with Crippen molar-refractivity contribution >= 4 is 23.1 Å². The number of allylic oxidation sites excluding steroid dienone is 1. The van der Waals surface area contributed by atoms with Gasteiger partial charge in [-0.05, 0) is 84.1 Å². The highest BCUT2D eigenvalue weighted by atomic mass is 16.3. The van der Waals surface area contributed by atoms with Crippen LogP contribution in [-0.4, -0.2) is 43.4 Å². The first-order chi connectivity index (χ1) is 22.1. The number of Topliss-reactive ketones (excluding diaryl/α,β-unsaturated/α-hetero) is 3. The summed E-state index contributed by atoms with van der Waals surface area (Å²) in [5.74, 6) is -5.02. The SMILES string of the molecule is CC(=O)C1=C(O)[C@]2(O)C(=O)C3=C(O)c4c(O)c(CCc5ccccc5CC(C)(C)C)cc(C(C)C)c4C[C@]3(C)C[C@]2(C)C(C(C)C)C1=O. The standard InChI is InChI=1S/C41H52O7/c1-21(2)27-17-25(16-15-24-13-11-12-14-26(24)18-38(6,7)8)33(43)30-28(27)19-39(9)20-40(10)31(22(3)4)34(44)29(23(5)42)36(46)41(40,48)37(47)32(39)35(30)45/h11-14,17,21-22,31,43,45-46,48H,15-16,18-20H2,1-10H3/t31?,39-,40-,41+/m1/s1. The Morgan fingerprint density at radius 3 is 2.08 bits per heavy atom. The molecule has 3 aliphatic rings. The highest BCUT2D eigenvalue weighted by Crippen LogP contribution is 2.65. The zero-order valence-corrected chi connectivity index (χ0v) is 30.2. The van der Waals surface area contributed by atoms with Crippen LogP contribution in [0.3, 0.4) is 0 Å². The number of hydrogen-bond acceptors (Lipinski definition) is 7. The first kappa shape index (κ1) is 35.6. The number of aliphatic hydroxyl groups is 3. The molecule has 0 heterocycles. The zero-order valence-electron chi connectivity index (χ0n) is 30.2. The molecule has 2 aromatic carbocycles. The summed E-state index contributed by atoms with van der Waals surface area (Å²) in [6, 6.07) is 10.3. The second kappa shape index (κ2) is 11.7. The average Bonchev–Trinajstić information content (AvgIpc) is 2.94. The smallest absolute Gasteiger partial charge is 0.203 e. The van der Waals surface area contributed by atoms with Gasteiger partial charge >= 0.3 is 0 Å². The first-order valence-corrected chi connectivity index (χ1v) is 17.2. The molecule has 4 N–H and O–H groups in total. The van der Waals surface area contributed by atoms with Crippen LogP contribution in [0.25, 0.3) is 5.76 Å². The van der Waals surface area contributed by atoms with Crippen LogP contribution < -0.4 is 0 Å². The Morgan fingerprint density at radius 1 is 0.958 bits per heavy atom. The van der Waals surface area contributed by atoms with Gasteiger partial charge < -0.3 is 20.4 Å². The van der Waals surface area contributed by atoms with Gasteiger partial charge in [-0.2, -0.15) is 0 Å². The first-order valence-electron chi connectivity index (χ1n) is 17.2. The quantitative estimate of drug-likeness (QED) is 0.225. The lowest BCUT2D eigenvalue weighted by molar-refractivity contribution is -0.178. The van der Waals surface area contributed by atoms with E-state index in [1.165, 1.54) is 11.1 Å². The molecule has 0 aliphatic heterocycles. The van der Waals surface area contributed by atoms with Crippen LogP contribution in [0.1, 0.15) is 115 Å². The van der Waals surface area contributed by atoms with Crippen LogP contribution in [0.4, 0.5) is 0 Å². The second-order valence-corrected chi connectivity index (χ2v) is 16.9. The molecule has 48 heavy (non-hydrogen) atoms. The topological polar surface area (TPSA) is 132 Å². The number of aromatic hydroxyl groups is 1. The number of aryl methyl sites for hydroxylation is 2. The van der Waals surface area contributed by atoms with Crippen molar-refractivity contribution < 1.29 is 34.8 Å². The van der Waals surface area contributed by atoms with E-state index in [0.29, 0.717) is 18.4 Å². The number of carbonyl (C=O) groups is 3. The van der Waals surface area contributed by atoms with Crippen molar-refractivity contribution in [1.29, 1.82) is 0 Å². The van der Waals surface area contributed by atoms with Crippen LogP contribution in [0.15, 0.2) is 47.2 Å². The minimum atomic E-state index is -2.62. The molecule has 2 aromatic rings. The number of fused-ring (bicyclic) bond motifs is 3. The molecular formula is C41H52O7. The molecule has 258 valence electrons. The number of phenolic OH excluding ortho intramolecular Hbond substituents is 1. The molecule has 0 spiro atoms. The second-order valence-electron chi connectivity index (χ2n) is 16.9. The Labute approximate surface area is 284 Å². The highest BCUT2D eigenvalue weighted by molar-refractivity contribution is 6.24. The molecule has 3 aliphatic carbocycles. The highest BCUT2D eigenvalue weighted by Gasteiger charge is 2.72. The van der Waals surface area contributed by atoms with Crippen LogP contribution >= 0.6 is 0 Å². The van der Waals surface area contributed by atoms with Gasteiger partial charge in [-0.1, -0.05) is 92.6 Å². The molecule has 0 aromatic heterocycles. The van der Waals surface area contributed by atoms with Crippen LogP contribution in [0.5, 0.6) is 5.75 Å². The fraction of sp³-hybridized carbons (Fsp3) is 0.537. The maximum Gasteiger partial charge on any atom is 0.203 e. The van der Waals surface area contributed by atoms with Crippen molar-refractivity contribution in [2.45, 2.75) is 113 Å². The molecule has 0 bridgehead atoms. The predicted octanol–water partition coefficient (Wildman–Crippen LogP) is 7.69. The number of hydrogen-bond donors (Lipinski definition) is 4. The van der Waals surface area contributed by atoms with Crippen LogP contribution in [-0.2, 0) is 40.1 Å². The summed E-state index contributed by atoms with van der Waals surface area (Å²) < 4.78 is 0. The van der Waals surface area contributed by atoms with E-state index in [1.807, 2.05) is 25.1 Å². The van der Waals surface area contributed by atoms with Gasteiger partial charge in [0.05, 0.1) is 5.56 Å². The normalized spacial score (nSPS) is 27.4. The van der Waals surface area contributed by atoms with Crippen molar-refractivity contribution in [3.8, 4) is 5.75 Å². The van der Waals surface area contributed by atoms with Crippen LogP contribution in [0.2, 0.25) is 0 Å². The molecule has 5 rings (SSSR count). The lowest BCUT2D eigenvalue weighted by atomic mass is 9.43. The monoisotopic (exact) mass is 656 g/mol. The molecule has 1 fully saturated rings. The summed E-state index contributed by atoms with van der Waals surface area (Å²) in [7, 11) is 0. The summed E-state index contributed by atoms with van der Waals surface area (Å²) in [5, 5.41) is 47.8. The summed E-state index contributed by atoms with van der Waals surface area (Å²) >= 11 is 0. The van der Waals surface area contributed by atoms with Crippen molar-refractivity contribution in [2.75, 3.05) is 0 Å². The van der Waals surface area contributed by atoms with E-state index in [9.17, 15) is 34.8 Å². The minimum absolute atomic E-state index is 0.0285. The lowest BCUT2D eigenvalue weighted by Gasteiger charge is -2.60. The third-order valence-electron chi connectivity index (χ3n) is 11.2. The number of benzene rings is 2. The maximum absolute atomic E-state index is 14.7. The number of aliphatic hydroxyl groups excluding tert-OH is 2. The summed E-state index contributed by atoms with van der Waals surface area (Å²) in [6.45, 7) is 18.9. The Bertz CT molecular complexity index is 1780. The maximum atomic E-state index is 14.7. The molecule has 1 saturated carbocycles. The average molecular weight is 657 g/mol. The summed E-state index contributed by atoms with van der Waals surface area (Å²) in [6.07, 6.45) is 2.42. The van der Waals surface area contributed by atoms with Crippen molar-refractivity contribution in [3.05, 3.63) is 80.6 Å². The summed E-state index contributed by atoms with van der Waals surface area (Å²) in [5.41, 5.74) is -0.765. The van der Waals surface area contributed by atoms with Crippen molar-refractivity contribution in [2.24, 2.45) is 28.1 Å². The summed E-state index contributed by atoms with van der Waals surface area (Å²) in [4.78, 5) is 41.2. The number of carbonyl (C=O) groups excluding carboxylic acids is 3. The lowest BCUT2D eigenvalue weighted by Crippen LogP contribution is -2.69. The molecule has 0 amide bonds. The van der Waals surface area contributed by atoms with Crippen molar-refractivity contribution in [1.82, 2.24) is 0 Å². The van der Waals surface area contributed by atoms with E-state index in [1.54, 1.807) is 20.8 Å². The predicted molar refractivity (Wildman–Crippen MR) is 187 cm³/mol. The van der Waals surface area contributed by atoms with Crippen LogP contribution in [0, 0.1) is 28.1 Å². The minimum Gasteiger partial charge on any atom is -0.508 e. The van der Waals surface area contributed by atoms with Gasteiger partial charge in [-0.25, -0.2) is 0 Å². The van der Waals surface area contributed by atoms with Gasteiger partial charge in [-0.3, -0.25) is 14.4 Å². The number of rotatable bonds is 7. The largest absolute Gasteiger partial charge is 0.508 e. The third-order valence-corrected chi connectivity index (χ3v) is 11.2. The molecule has 7 nitrogen and oxygen atoms in total.